The van der Waals surface area contributed by atoms with Crippen LogP contribution in [0.4, 0.5) is 0 Å². The second kappa shape index (κ2) is 18.4. The van der Waals surface area contributed by atoms with Gasteiger partial charge in [0, 0.05) is 60.2 Å². The van der Waals surface area contributed by atoms with Crippen molar-refractivity contribution >= 4 is 40.9 Å². The van der Waals surface area contributed by atoms with Gasteiger partial charge in [0.15, 0.2) is 17.3 Å². The molecule has 1 saturated carbocycles. The molecule has 1 N–H and O–H groups in total. The standard InChI is InChI=1S/C27H18OS2.C13H16O2.C13H10O/c28-27(19-9-5-13-25-21(19)15-17-7-1-3-11-23(17)29-25)20-10-6-14-26-22(20)16-18-8-2-4-12-24(18)30-26;14-12(11-7-3-1-4-8-11)13(15)9-5-2-6-10-13;14-13(11-7-3-1-4-8-11)12-9-5-2-6-10-12/h1-14H,15-16H2;1,3-4,7-8,15H,2,5-6,9-10H2;1-10H. The molecule has 1 aliphatic carbocycles. The van der Waals surface area contributed by atoms with Gasteiger partial charge in [0.1, 0.15) is 5.60 Å². The van der Waals surface area contributed by atoms with Crippen molar-refractivity contribution in [2.45, 2.75) is 70.1 Å². The molecule has 0 atom stereocenters. The van der Waals surface area contributed by atoms with Gasteiger partial charge in [-0.15, -0.1) is 0 Å². The number of carbonyl (C=O) groups excluding carboxylic acids is 3. The topological polar surface area (TPSA) is 71.4 Å². The molecule has 1 fully saturated rings. The minimum atomic E-state index is -1.10. The Morgan fingerprint density at radius 1 is 0.407 bits per heavy atom. The molecule has 0 saturated heterocycles. The number of aliphatic hydroxyl groups is 1. The number of rotatable bonds is 6. The zero-order chi connectivity index (χ0) is 40.6. The van der Waals surface area contributed by atoms with Gasteiger partial charge in [-0.2, -0.15) is 0 Å². The van der Waals surface area contributed by atoms with Crippen LogP contribution in [-0.2, 0) is 12.8 Å². The summed E-state index contributed by atoms with van der Waals surface area (Å²) < 4.78 is 0. The first-order chi connectivity index (χ1) is 28.9. The fourth-order valence-electron chi connectivity index (χ4n) is 7.94. The summed E-state index contributed by atoms with van der Waals surface area (Å²) in [6, 6.07) is 57.0. The van der Waals surface area contributed by atoms with E-state index < -0.39 is 5.60 Å². The molecule has 0 bridgehead atoms. The van der Waals surface area contributed by atoms with Crippen LogP contribution in [0.2, 0.25) is 0 Å². The quantitative estimate of drug-likeness (QED) is 0.169. The van der Waals surface area contributed by atoms with Crippen molar-refractivity contribution in [2.75, 3.05) is 0 Å². The van der Waals surface area contributed by atoms with Gasteiger partial charge < -0.3 is 5.11 Å². The van der Waals surface area contributed by atoms with E-state index in [-0.39, 0.29) is 17.3 Å². The van der Waals surface area contributed by atoms with Gasteiger partial charge in [-0.3, -0.25) is 14.4 Å². The average molecular weight is 809 g/mol. The molecule has 0 radical (unpaired) electrons. The Balaban J connectivity index is 0.000000140. The molecule has 3 aliphatic rings. The van der Waals surface area contributed by atoms with Gasteiger partial charge in [-0.25, -0.2) is 0 Å². The lowest BCUT2D eigenvalue weighted by Crippen LogP contribution is -2.40. The summed E-state index contributed by atoms with van der Waals surface area (Å²) in [4.78, 5) is 42.7. The second-order valence-corrected chi connectivity index (χ2v) is 17.2. The van der Waals surface area contributed by atoms with Crippen LogP contribution in [0.3, 0.4) is 0 Å². The van der Waals surface area contributed by atoms with Crippen LogP contribution in [0, 0.1) is 0 Å². The molecule has 0 spiro atoms. The van der Waals surface area contributed by atoms with Crippen molar-refractivity contribution in [2.24, 2.45) is 0 Å². The summed E-state index contributed by atoms with van der Waals surface area (Å²) in [7, 11) is 0. The van der Waals surface area contributed by atoms with Crippen LogP contribution in [-0.4, -0.2) is 28.1 Å². The smallest absolute Gasteiger partial charge is 0.194 e. The van der Waals surface area contributed by atoms with E-state index in [1.165, 1.54) is 30.7 Å². The Kier molecular flexibility index (Phi) is 12.5. The summed E-state index contributed by atoms with van der Waals surface area (Å²) in [6.45, 7) is 0. The summed E-state index contributed by atoms with van der Waals surface area (Å²) >= 11 is 3.54. The van der Waals surface area contributed by atoms with E-state index in [4.69, 9.17) is 0 Å². The summed E-state index contributed by atoms with van der Waals surface area (Å²) in [6.07, 6.45) is 5.88. The second-order valence-electron chi connectivity index (χ2n) is 15.0. The van der Waals surface area contributed by atoms with Gasteiger partial charge in [-0.05, 0) is 59.4 Å². The predicted octanol–water partition coefficient (Wildman–Crippen LogP) is 12.5. The minimum Gasteiger partial charge on any atom is -0.382 e. The molecule has 59 heavy (non-hydrogen) atoms. The molecule has 0 aromatic heterocycles. The third-order valence-corrected chi connectivity index (χ3v) is 13.5. The van der Waals surface area contributed by atoms with Crippen molar-refractivity contribution in [1.82, 2.24) is 0 Å². The first-order valence-corrected chi connectivity index (χ1v) is 21.8. The van der Waals surface area contributed by atoms with Crippen molar-refractivity contribution < 1.29 is 19.5 Å². The molecule has 4 nitrogen and oxygen atoms in total. The van der Waals surface area contributed by atoms with Crippen LogP contribution >= 0.6 is 23.5 Å². The van der Waals surface area contributed by atoms with Crippen molar-refractivity contribution in [1.29, 1.82) is 0 Å². The SMILES string of the molecule is O=C(c1cccc2c1Cc1ccccc1S2)c1cccc2c1Cc1ccccc1S2.O=C(c1ccccc1)C1(O)CCCCC1.O=C(c1ccccc1)c1ccccc1. The number of ketones is 3. The van der Waals surface area contributed by atoms with Gasteiger partial charge in [-0.1, -0.05) is 194 Å². The van der Waals surface area contributed by atoms with Crippen molar-refractivity contribution in [3.05, 3.63) is 226 Å². The predicted molar refractivity (Wildman–Crippen MR) is 238 cm³/mol. The first kappa shape index (κ1) is 40.0. The molecule has 10 rings (SSSR count). The van der Waals surface area contributed by atoms with Crippen LogP contribution in [0.5, 0.6) is 0 Å². The average Bonchev–Trinajstić information content (AvgIpc) is 3.30. The molecule has 0 unspecified atom stereocenters. The maximum absolute atomic E-state index is 13.8. The largest absolute Gasteiger partial charge is 0.382 e. The van der Waals surface area contributed by atoms with E-state index in [0.717, 1.165) is 65.5 Å². The lowest BCUT2D eigenvalue weighted by Gasteiger charge is -2.30. The maximum atomic E-state index is 13.8. The summed E-state index contributed by atoms with van der Waals surface area (Å²) in [5.74, 6) is 0.109. The van der Waals surface area contributed by atoms with Gasteiger partial charge in [0.25, 0.3) is 0 Å². The highest BCUT2D eigenvalue weighted by molar-refractivity contribution is 7.99. The Morgan fingerprint density at radius 2 is 0.797 bits per heavy atom. The van der Waals surface area contributed by atoms with Crippen LogP contribution < -0.4 is 0 Å². The van der Waals surface area contributed by atoms with E-state index in [0.29, 0.717) is 18.4 Å². The van der Waals surface area contributed by atoms with Crippen molar-refractivity contribution in [3.8, 4) is 0 Å². The molecule has 2 aliphatic heterocycles. The Labute approximate surface area is 354 Å². The number of benzene rings is 7. The third-order valence-electron chi connectivity index (χ3n) is 11.1. The van der Waals surface area contributed by atoms with Gasteiger partial charge in [0.05, 0.1) is 0 Å². The number of hydrogen-bond donors (Lipinski definition) is 1. The van der Waals surface area contributed by atoms with E-state index >= 15 is 0 Å². The summed E-state index contributed by atoms with van der Waals surface area (Å²) in [5, 5.41) is 10.2. The highest BCUT2D eigenvalue weighted by Crippen LogP contribution is 2.43. The normalized spacial score (nSPS) is 14.3. The lowest BCUT2D eigenvalue weighted by molar-refractivity contribution is 0.0116. The highest BCUT2D eigenvalue weighted by atomic mass is 32.2. The van der Waals surface area contributed by atoms with E-state index in [9.17, 15) is 19.5 Å². The van der Waals surface area contributed by atoms with E-state index in [2.05, 4.69) is 60.7 Å². The molecule has 2 heterocycles. The fourth-order valence-corrected chi connectivity index (χ4v) is 10.2. The Hall–Kier alpha value is -5.79. The zero-order valence-electron chi connectivity index (χ0n) is 32.7. The van der Waals surface area contributed by atoms with Gasteiger partial charge >= 0.3 is 0 Å². The Morgan fingerprint density at radius 3 is 1.25 bits per heavy atom. The highest BCUT2D eigenvalue weighted by Gasteiger charge is 2.37. The number of hydrogen-bond acceptors (Lipinski definition) is 6. The van der Waals surface area contributed by atoms with E-state index in [1.54, 1.807) is 35.7 Å². The zero-order valence-corrected chi connectivity index (χ0v) is 34.3. The van der Waals surface area contributed by atoms with Crippen LogP contribution in [0.25, 0.3) is 0 Å². The van der Waals surface area contributed by atoms with Gasteiger partial charge in [0.2, 0.25) is 0 Å². The molecule has 292 valence electrons. The monoisotopic (exact) mass is 808 g/mol. The molecule has 0 amide bonds. The molecule has 7 aromatic carbocycles. The number of fused-ring (bicyclic) bond motifs is 4. The molecule has 6 heteroatoms. The third kappa shape index (κ3) is 9.11. The number of carbonyl (C=O) groups is 3. The fraction of sp³-hybridized carbons (Fsp3) is 0.151. The minimum absolute atomic E-state index is 0.0752. The summed E-state index contributed by atoms with van der Waals surface area (Å²) in [5.41, 5.74) is 7.60. The van der Waals surface area contributed by atoms with Crippen LogP contribution in [0.15, 0.2) is 196 Å². The number of Topliss-reactive ketones (excluding diaryl/α,β-unsaturated/α-hetero) is 1. The van der Waals surface area contributed by atoms with Crippen LogP contribution in [0.1, 0.15) is 96.6 Å². The molecular formula is C53H44O4S2. The molecule has 7 aromatic rings. The first-order valence-electron chi connectivity index (χ1n) is 20.1. The lowest BCUT2D eigenvalue weighted by atomic mass is 9.79. The Bertz CT molecular complexity index is 2450. The molecular weight excluding hydrogens is 765 g/mol. The van der Waals surface area contributed by atoms with Crippen molar-refractivity contribution in [3.63, 3.8) is 0 Å². The van der Waals surface area contributed by atoms with E-state index in [1.807, 2.05) is 103 Å². The maximum Gasteiger partial charge on any atom is 0.194 e.